The van der Waals surface area contributed by atoms with E-state index in [1.54, 1.807) is 13.8 Å². The summed E-state index contributed by atoms with van der Waals surface area (Å²) in [6.45, 7) is 3.86. The zero-order valence-electron chi connectivity index (χ0n) is 16.3. The molecular formula is C19H19N5O4S2. The maximum atomic E-state index is 12.5. The number of rotatable bonds is 7. The van der Waals surface area contributed by atoms with Crippen molar-refractivity contribution in [2.24, 2.45) is 0 Å². The average Bonchev–Trinajstić information content (AvgIpc) is 3.38. The lowest BCUT2D eigenvalue weighted by Crippen LogP contribution is -2.11. The number of carbonyl (C=O) groups is 2. The fourth-order valence-corrected chi connectivity index (χ4v) is 5.13. The van der Waals surface area contributed by atoms with Crippen LogP contribution in [0.15, 0.2) is 29.4 Å². The van der Waals surface area contributed by atoms with Crippen molar-refractivity contribution in [1.82, 2.24) is 19.6 Å². The van der Waals surface area contributed by atoms with Gasteiger partial charge in [-0.3, -0.25) is 4.40 Å². The number of aromatic nitrogens is 4. The van der Waals surface area contributed by atoms with Gasteiger partial charge in [0.1, 0.15) is 9.88 Å². The number of esters is 2. The SMILES string of the molecule is CCOC(=O)c1sc(N)c(C(=O)OCC)c1CSc1n[nH]c2nc3ccccc3n12. The molecule has 3 aromatic heterocycles. The van der Waals surface area contributed by atoms with Gasteiger partial charge >= 0.3 is 11.9 Å². The van der Waals surface area contributed by atoms with Crippen LogP contribution in [-0.4, -0.2) is 44.7 Å². The Hall–Kier alpha value is -3.05. The predicted octanol–water partition coefficient (Wildman–Crippen LogP) is 3.50. The van der Waals surface area contributed by atoms with Crippen LogP contribution in [0, 0.1) is 0 Å². The first-order valence-corrected chi connectivity index (χ1v) is 11.0. The molecule has 0 aliphatic rings. The van der Waals surface area contributed by atoms with Gasteiger partial charge in [0.25, 0.3) is 0 Å². The van der Waals surface area contributed by atoms with Crippen LogP contribution in [0.4, 0.5) is 5.00 Å². The van der Waals surface area contributed by atoms with Gasteiger partial charge in [0.15, 0.2) is 5.16 Å². The van der Waals surface area contributed by atoms with Crippen LogP contribution >= 0.6 is 23.1 Å². The molecule has 9 nitrogen and oxygen atoms in total. The van der Waals surface area contributed by atoms with Crippen LogP contribution in [0.25, 0.3) is 16.8 Å². The van der Waals surface area contributed by atoms with E-state index in [0.717, 1.165) is 22.4 Å². The molecule has 0 saturated heterocycles. The molecule has 0 radical (unpaired) electrons. The van der Waals surface area contributed by atoms with E-state index in [-0.39, 0.29) is 29.5 Å². The molecule has 0 fully saturated rings. The zero-order chi connectivity index (χ0) is 21.3. The van der Waals surface area contributed by atoms with Gasteiger partial charge in [-0.05, 0) is 26.0 Å². The van der Waals surface area contributed by atoms with Crippen LogP contribution in [0.5, 0.6) is 0 Å². The molecule has 3 N–H and O–H groups in total. The number of hydrogen-bond acceptors (Lipinski definition) is 9. The quantitative estimate of drug-likeness (QED) is 0.327. The highest BCUT2D eigenvalue weighted by Crippen LogP contribution is 2.36. The van der Waals surface area contributed by atoms with E-state index in [0.29, 0.717) is 21.4 Å². The third-order valence-electron chi connectivity index (χ3n) is 4.32. The van der Waals surface area contributed by atoms with Crippen LogP contribution in [0.3, 0.4) is 0 Å². The Morgan fingerprint density at radius 1 is 1.20 bits per heavy atom. The Morgan fingerprint density at radius 2 is 1.93 bits per heavy atom. The van der Waals surface area contributed by atoms with E-state index in [2.05, 4.69) is 15.2 Å². The Balaban J connectivity index is 1.72. The molecule has 0 bridgehead atoms. The molecule has 30 heavy (non-hydrogen) atoms. The van der Waals surface area contributed by atoms with Gasteiger partial charge in [0.2, 0.25) is 5.78 Å². The highest BCUT2D eigenvalue weighted by Gasteiger charge is 2.28. The predicted molar refractivity (Wildman–Crippen MR) is 115 cm³/mol. The van der Waals surface area contributed by atoms with Gasteiger partial charge in [-0.2, -0.15) is 0 Å². The lowest BCUT2D eigenvalue weighted by atomic mass is 10.1. The number of nitrogen functional groups attached to an aromatic ring is 1. The number of hydrogen-bond donors (Lipinski definition) is 2. The molecule has 1 aromatic carbocycles. The van der Waals surface area contributed by atoms with Crippen molar-refractivity contribution in [3.05, 3.63) is 40.3 Å². The Bertz CT molecular complexity index is 1240. The molecule has 0 amide bonds. The standard InChI is InChI=1S/C19H19N5O4S2/c1-3-27-16(25)13-10(14(30-15(13)20)17(26)28-4-2)9-29-19-23-22-18-21-11-7-5-6-8-12(11)24(18)19/h5-8H,3-4,9,20H2,1-2H3,(H,21,22). The number of para-hydroxylation sites is 2. The van der Waals surface area contributed by atoms with E-state index in [9.17, 15) is 9.59 Å². The summed E-state index contributed by atoms with van der Waals surface area (Å²) in [5, 5.41) is 8.11. The number of ether oxygens (including phenoxy) is 2. The smallest absolute Gasteiger partial charge is 0.348 e. The molecule has 0 unspecified atom stereocenters. The Morgan fingerprint density at radius 3 is 2.70 bits per heavy atom. The van der Waals surface area contributed by atoms with Crippen LogP contribution in [0.2, 0.25) is 0 Å². The summed E-state index contributed by atoms with van der Waals surface area (Å²) in [4.78, 5) is 29.7. The fourth-order valence-electron chi connectivity index (χ4n) is 3.09. The maximum Gasteiger partial charge on any atom is 0.348 e. The second-order valence-electron chi connectivity index (χ2n) is 6.14. The third-order valence-corrected chi connectivity index (χ3v) is 6.33. The van der Waals surface area contributed by atoms with Crippen molar-refractivity contribution < 1.29 is 19.1 Å². The number of carbonyl (C=O) groups excluding carboxylic acids is 2. The van der Waals surface area contributed by atoms with Crippen molar-refractivity contribution in [3.63, 3.8) is 0 Å². The summed E-state index contributed by atoms with van der Waals surface area (Å²) in [6, 6.07) is 7.71. The number of nitrogens with zero attached hydrogens (tertiary/aromatic N) is 3. The number of nitrogens with two attached hydrogens (primary N) is 1. The number of H-pyrrole nitrogens is 1. The Labute approximate surface area is 179 Å². The summed E-state index contributed by atoms with van der Waals surface area (Å²) in [6.07, 6.45) is 0. The summed E-state index contributed by atoms with van der Waals surface area (Å²) in [5.41, 5.74) is 8.51. The van der Waals surface area contributed by atoms with Crippen LogP contribution < -0.4 is 5.73 Å². The van der Waals surface area contributed by atoms with Gasteiger partial charge < -0.3 is 15.2 Å². The maximum absolute atomic E-state index is 12.5. The van der Waals surface area contributed by atoms with E-state index in [1.165, 1.54) is 11.8 Å². The van der Waals surface area contributed by atoms with E-state index in [1.807, 2.05) is 28.7 Å². The minimum absolute atomic E-state index is 0.205. The molecule has 156 valence electrons. The van der Waals surface area contributed by atoms with Crippen molar-refractivity contribution in [1.29, 1.82) is 0 Å². The number of imidazole rings is 1. The molecule has 11 heteroatoms. The molecule has 3 heterocycles. The average molecular weight is 446 g/mol. The van der Waals surface area contributed by atoms with Crippen molar-refractivity contribution in [3.8, 4) is 0 Å². The largest absolute Gasteiger partial charge is 0.462 e. The third kappa shape index (κ3) is 3.50. The summed E-state index contributed by atoms with van der Waals surface area (Å²) in [7, 11) is 0. The first-order chi connectivity index (χ1) is 14.5. The monoisotopic (exact) mass is 445 g/mol. The van der Waals surface area contributed by atoms with Crippen LogP contribution in [-0.2, 0) is 15.2 Å². The molecular weight excluding hydrogens is 426 g/mol. The minimum Gasteiger partial charge on any atom is -0.462 e. The number of nitrogens with one attached hydrogen (secondary N) is 1. The molecule has 0 aliphatic heterocycles. The van der Waals surface area contributed by atoms with E-state index < -0.39 is 11.9 Å². The second-order valence-corrected chi connectivity index (χ2v) is 8.14. The summed E-state index contributed by atoms with van der Waals surface area (Å²) < 4.78 is 12.2. The zero-order valence-corrected chi connectivity index (χ0v) is 17.9. The minimum atomic E-state index is -0.558. The topological polar surface area (TPSA) is 125 Å². The molecule has 0 atom stereocenters. The molecule has 4 aromatic rings. The fraction of sp³-hybridized carbons (Fsp3) is 0.263. The lowest BCUT2D eigenvalue weighted by molar-refractivity contribution is 0.0527. The lowest BCUT2D eigenvalue weighted by Gasteiger charge is -2.07. The first kappa shape index (κ1) is 20.2. The van der Waals surface area contributed by atoms with Crippen molar-refractivity contribution in [2.45, 2.75) is 24.8 Å². The summed E-state index contributed by atoms with van der Waals surface area (Å²) >= 11 is 2.39. The number of thioether (sulfide) groups is 1. The number of fused-ring (bicyclic) bond motifs is 3. The van der Waals surface area contributed by atoms with Gasteiger partial charge in [0.05, 0.1) is 29.8 Å². The number of benzene rings is 1. The molecule has 0 spiro atoms. The summed E-state index contributed by atoms with van der Waals surface area (Å²) in [5.74, 6) is -0.180. The van der Waals surface area contributed by atoms with Gasteiger partial charge in [-0.15, -0.1) is 16.4 Å². The normalized spacial score (nSPS) is 11.3. The highest BCUT2D eigenvalue weighted by molar-refractivity contribution is 7.98. The van der Waals surface area contributed by atoms with Gasteiger partial charge in [0, 0.05) is 11.3 Å². The first-order valence-electron chi connectivity index (χ1n) is 9.24. The molecule has 0 aliphatic carbocycles. The van der Waals surface area contributed by atoms with Crippen LogP contribution in [0.1, 0.15) is 39.4 Å². The number of anilines is 1. The van der Waals surface area contributed by atoms with Gasteiger partial charge in [-0.1, -0.05) is 23.9 Å². The van der Waals surface area contributed by atoms with E-state index in [4.69, 9.17) is 15.2 Å². The van der Waals surface area contributed by atoms with Crippen molar-refractivity contribution in [2.75, 3.05) is 18.9 Å². The van der Waals surface area contributed by atoms with Crippen molar-refractivity contribution >= 4 is 56.8 Å². The molecule has 0 saturated carbocycles. The number of aromatic amines is 1. The highest BCUT2D eigenvalue weighted by atomic mass is 32.2. The van der Waals surface area contributed by atoms with Gasteiger partial charge in [-0.25, -0.2) is 19.7 Å². The van der Waals surface area contributed by atoms with E-state index >= 15 is 0 Å². The number of thiophene rings is 1. The Kier molecular flexibility index (Phi) is 5.64. The molecule has 4 rings (SSSR count). The second kappa shape index (κ2) is 8.36.